The van der Waals surface area contributed by atoms with E-state index >= 15 is 0 Å². The summed E-state index contributed by atoms with van der Waals surface area (Å²) in [7, 11) is 3.31. The van der Waals surface area contributed by atoms with E-state index in [4.69, 9.17) is 15.2 Å². The first-order chi connectivity index (χ1) is 13.8. The fraction of sp³-hybridized carbons (Fsp3) is 0.350. The molecular formula is C20H25N3O5S. The van der Waals surface area contributed by atoms with Gasteiger partial charge in [-0.05, 0) is 25.1 Å². The standard InChI is InChI=1S/C20H25N3O5S/c1-13-16(20(26)28-10-9-27-3)19(29-17(13)18(21)25)22-15(24)12-23(2)11-14-7-5-4-6-8-14/h4-8H,9-12H2,1-3H3,(H2,21,25)(H,22,24). The molecule has 0 saturated carbocycles. The number of amides is 2. The molecule has 0 radical (unpaired) electrons. The van der Waals surface area contributed by atoms with Crippen LogP contribution in [0.3, 0.4) is 0 Å². The number of nitrogens with two attached hydrogens (primary N) is 1. The summed E-state index contributed by atoms with van der Waals surface area (Å²) in [5.74, 6) is -1.62. The number of hydrogen-bond donors (Lipinski definition) is 2. The fourth-order valence-corrected chi connectivity index (χ4v) is 3.80. The van der Waals surface area contributed by atoms with Gasteiger partial charge in [0.15, 0.2) is 0 Å². The highest BCUT2D eigenvalue weighted by Crippen LogP contribution is 2.33. The highest BCUT2D eigenvalue weighted by atomic mass is 32.1. The Hall–Kier alpha value is -2.75. The van der Waals surface area contributed by atoms with Crippen molar-refractivity contribution in [2.75, 3.05) is 39.2 Å². The molecule has 156 valence electrons. The first-order valence-corrected chi connectivity index (χ1v) is 9.76. The minimum atomic E-state index is -0.667. The number of ether oxygens (including phenoxy) is 2. The number of nitrogens with one attached hydrogen (secondary N) is 1. The van der Waals surface area contributed by atoms with E-state index in [1.807, 2.05) is 42.3 Å². The van der Waals surface area contributed by atoms with Crippen LogP contribution < -0.4 is 11.1 Å². The number of primary amides is 1. The number of likely N-dealkylation sites (N-methyl/N-ethyl adjacent to an activating group) is 1. The maximum atomic E-state index is 12.5. The molecule has 0 atom stereocenters. The third-order valence-corrected chi connectivity index (χ3v) is 5.28. The number of rotatable bonds is 10. The van der Waals surface area contributed by atoms with Gasteiger partial charge in [-0.1, -0.05) is 30.3 Å². The van der Waals surface area contributed by atoms with Gasteiger partial charge in [0, 0.05) is 13.7 Å². The summed E-state index contributed by atoms with van der Waals surface area (Å²) in [5, 5.41) is 2.96. The predicted octanol–water partition coefficient (Wildman–Crippen LogP) is 2.03. The third-order valence-electron chi connectivity index (χ3n) is 4.06. The number of hydrogen-bond acceptors (Lipinski definition) is 7. The lowest BCUT2D eigenvalue weighted by atomic mass is 10.1. The summed E-state index contributed by atoms with van der Waals surface area (Å²) < 4.78 is 10.0. The van der Waals surface area contributed by atoms with Crippen LogP contribution in [0, 0.1) is 6.92 Å². The van der Waals surface area contributed by atoms with Gasteiger partial charge in [0.2, 0.25) is 5.91 Å². The lowest BCUT2D eigenvalue weighted by Crippen LogP contribution is -2.30. The van der Waals surface area contributed by atoms with E-state index < -0.39 is 11.9 Å². The van der Waals surface area contributed by atoms with Crippen LogP contribution in [0.25, 0.3) is 0 Å². The first kappa shape index (κ1) is 22.5. The molecular weight excluding hydrogens is 394 g/mol. The zero-order valence-corrected chi connectivity index (χ0v) is 17.5. The van der Waals surface area contributed by atoms with Crippen LogP contribution in [-0.4, -0.2) is 56.6 Å². The number of benzene rings is 1. The van der Waals surface area contributed by atoms with E-state index in [1.54, 1.807) is 6.92 Å². The molecule has 1 aromatic carbocycles. The highest BCUT2D eigenvalue weighted by Gasteiger charge is 2.26. The maximum absolute atomic E-state index is 12.5. The molecule has 2 aromatic rings. The van der Waals surface area contributed by atoms with Crippen molar-refractivity contribution in [1.82, 2.24) is 4.90 Å². The second-order valence-electron chi connectivity index (χ2n) is 6.46. The zero-order valence-electron chi connectivity index (χ0n) is 16.7. The molecule has 0 aliphatic carbocycles. The number of thiophene rings is 1. The van der Waals surface area contributed by atoms with E-state index in [9.17, 15) is 14.4 Å². The van der Waals surface area contributed by atoms with Gasteiger partial charge in [0.1, 0.15) is 11.6 Å². The van der Waals surface area contributed by atoms with Gasteiger partial charge in [0.25, 0.3) is 5.91 Å². The van der Waals surface area contributed by atoms with Crippen LogP contribution >= 0.6 is 11.3 Å². The monoisotopic (exact) mass is 419 g/mol. The van der Waals surface area contributed by atoms with Crippen molar-refractivity contribution in [3.05, 3.63) is 51.9 Å². The Balaban J connectivity index is 2.11. The molecule has 0 saturated heterocycles. The van der Waals surface area contributed by atoms with Gasteiger partial charge in [-0.25, -0.2) is 4.79 Å². The summed E-state index contributed by atoms with van der Waals surface area (Å²) in [6.07, 6.45) is 0. The molecule has 2 amide bonds. The van der Waals surface area contributed by atoms with Crippen LogP contribution in [0.5, 0.6) is 0 Å². The predicted molar refractivity (Wildman–Crippen MR) is 111 cm³/mol. The molecule has 2 rings (SSSR count). The molecule has 1 aromatic heterocycles. The van der Waals surface area contributed by atoms with Crippen molar-refractivity contribution < 1.29 is 23.9 Å². The van der Waals surface area contributed by atoms with Crippen molar-refractivity contribution in [2.45, 2.75) is 13.5 Å². The van der Waals surface area contributed by atoms with Gasteiger partial charge in [0.05, 0.1) is 23.6 Å². The van der Waals surface area contributed by atoms with Crippen molar-refractivity contribution >= 4 is 34.1 Å². The average Bonchev–Trinajstić information content (AvgIpc) is 2.98. The molecule has 0 unspecified atom stereocenters. The Labute approximate surface area is 173 Å². The van der Waals surface area contributed by atoms with Gasteiger partial charge in [-0.15, -0.1) is 11.3 Å². The Bertz CT molecular complexity index is 867. The van der Waals surface area contributed by atoms with E-state index in [0.717, 1.165) is 16.9 Å². The maximum Gasteiger partial charge on any atom is 0.341 e. The molecule has 8 nitrogen and oxygen atoms in total. The van der Waals surface area contributed by atoms with Crippen molar-refractivity contribution in [2.24, 2.45) is 5.73 Å². The summed E-state index contributed by atoms with van der Waals surface area (Å²) in [4.78, 5) is 38.7. The summed E-state index contributed by atoms with van der Waals surface area (Å²) in [5.41, 5.74) is 7.00. The van der Waals surface area contributed by atoms with E-state index in [2.05, 4.69) is 5.32 Å². The Morgan fingerprint density at radius 3 is 2.48 bits per heavy atom. The second-order valence-corrected chi connectivity index (χ2v) is 7.48. The van der Waals surface area contributed by atoms with Crippen molar-refractivity contribution in [3.8, 4) is 0 Å². The SMILES string of the molecule is COCCOC(=O)c1c(NC(=O)CN(C)Cc2ccccc2)sc(C(N)=O)c1C. The Kier molecular flexibility index (Phi) is 8.32. The zero-order chi connectivity index (χ0) is 21.4. The van der Waals surface area contributed by atoms with E-state index in [-0.39, 0.29) is 41.1 Å². The van der Waals surface area contributed by atoms with E-state index in [0.29, 0.717) is 12.1 Å². The highest BCUT2D eigenvalue weighted by molar-refractivity contribution is 7.18. The van der Waals surface area contributed by atoms with Crippen LogP contribution in [0.15, 0.2) is 30.3 Å². The largest absolute Gasteiger partial charge is 0.460 e. The lowest BCUT2D eigenvalue weighted by Gasteiger charge is -2.16. The topological polar surface area (TPSA) is 111 Å². The molecule has 0 fully saturated rings. The lowest BCUT2D eigenvalue weighted by molar-refractivity contribution is -0.117. The number of nitrogens with zero attached hydrogens (tertiary/aromatic N) is 1. The average molecular weight is 420 g/mol. The van der Waals surface area contributed by atoms with E-state index in [1.165, 1.54) is 7.11 Å². The van der Waals surface area contributed by atoms with Gasteiger partial charge in [-0.2, -0.15) is 0 Å². The molecule has 3 N–H and O–H groups in total. The Morgan fingerprint density at radius 2 is 1.86 bits per heavy atom. The molecule has 0 aliphatic rings. The summed E-state index contributed by atoms with van der Waals surface area (Å²) in [6.45, 7) is 2.60. The number of carbonyl (C=O) groups is 3. The minimum Gasteiger partial charge on any atom is -0.460 e. The van der Waals surface area contributed by atoms with Gasteiger partial charge < -0.3 is 20.5 Å². The van der Waals surface area contributed by atoms with Crippen molar-refractivity contribution in [3.63, 3.8) is 0 Å². The third kappa shape index (κ3) is 6.38. The van der Waals surface area contributed by atoms with Crippen LogP contribution in [0.2, 0.25) is 0 Å². The summed E-state index contributed by atoms with van der Waals surface area (Å²) in [6, 6.07) is 9.75. The fourth-order valence-electron chi connectivity index (χ4n) is 2.73. The smallest absolute Gasteiger partial charge is 0.341 e. The Morgan fingerprint density at radius 1 is 1.17 bits per heavy atom. The molecule has 0 spiro atoms. The van der Waals surface area contributed by atoms with Crippen molar-refractivity contribution in [1.29, 1.82) is 0 Å². The molecule has 0 aliphatic heterocycles. The quantitative estimate of drug-likeness (QED) is 0.450. The van der Waals surface area contributed by atoms with Gasteiger partial charge >= 0.3 is 5.97 Å². The minimum absolute atomic E-state index is 0.0593. The second kappa shape index (κ2) is 10.7. The van der Waals surface area contributed by atoms with Crippen LogP contribution in [0.1, 0.15) is 31.2 Å². The molecule has 29 heavy (non-hydrogen) atoms. The first-order valence-electron chi connectivity index (χ1n) is 8.95. The molecule has 0 bridgehead atoms. The van der Waals surface area contributed by atoms with Crippen LogP contribution in [0.4, 0.5) is 5.00 Å². The van der Waals surface area contributed by atoms with Crippen LogP contribution in [-0.2, 0) is 20.8 Å². The number of esters is 1. The molecule has 9 heteroatoms. The van der Waals surface area contributed by atoms with Gasteiger partial charge in [-0.3, -0.25) is 14.5 Å². The number of anilines is 1. The molecule has 1 heterocycles. The normalized spacial score (nSPS) is 10.8. The summed E-state index contributed by atoms with van der Waals surface area (Å²) >= 11 is 0.964. The number of carbonyl (C=O) groups excluding carboxylic acids is 3. The number of methoxy groups -OCH3 is 1.